The van der Waals surface area contributed by atoms with Gasteiger partial charge in [-0.3, -0.25) is 4.90 Å². The van der Waals surface area contributed by atoms with Crippen molar-refractivity contribution in [1.82, 2.24) is 9.80 Å². The second-order valence-electron chi connectivity index (χ2n) is 2.55. The fraction of sp³-hybridized carbons (Fsp3) is 0.857. The predicted molar refractivity (Wildman–Crippen MR) is 47.8 cm³/mol. The fourth-order valence-corrected chi connectivity index (χ4v) is 1.26. The molecule has 0 fully saturated rings. The van der Waals surface area contributed by atoms with Crippen molar-refractivity contribution in [1.29, 1.82) is 0 Å². The summed E-state index contributed by atoms with van der Waals surface area (Å²) in [6.07, 6.45) is 0. The Balaban J connectivity index is 2.53. The Morgan fingerprint density at radius 1 is 1.45 bits per heavy atom. The maximum absolute atomic E-state index is 5.85. The maximum Gasteiger partial charge on any atom is 0.196 e. The minimum absolute atomic E-state index is 0.650. The molecule has 0 amide bonds. The zero-order chi connectivity index (χ0) is 8.27. The van der Waals surface area contributed by atoms with Gasteiger partial charge in [0, 0.05) is 6.54 Å². The van der Waals surface area contributed by atoms with E-state index in [-0.39, 0.29) is 0 Å². The fourth-order valence-electron chi connectivity index (χ4n) is 1.03. The topological polar surface area (TPSA) is 18.8 Å². The summed E-state index contributed by atoms with van der Waals surface area (Å²) >= 11 is 5.85. The molecule has 1 rings (SSSR count). The molecule has 0 saturated heterocycles. The number of hydrogen-bond acceptors (Lipinski definition) is 3. The summed E-state index contributed by atoms with van der Waals surface area (Å²) in [5, 5.41) is 0.650. The molecule has 0 N–H and O–H groups in total. The normalized spacial score (nSPS) is 20.3. The van der Waals surface area contributed by atoms with Gasteiger partial charge in [0.15, 0.2) is 5.29 Å². The summed E-state index contributed by atoms with van der Waals surface area (Å²) in [5.74, 6) is 0. The van der Waals surface area contributed by atoms with Crippen LogP contribution in [-0.4, -0.2) is 41.5 Å². The molecule has 0 bridgehead atoms. The van der Waals surface area contributed by atoms with Crippen LogP contribution in [0.25, 0.3) is 0 Å². The van der Waals surface area contributed by atoms with Crippen molar-refractivity contribution in [3.8, 4) is 0 Å². The van der Waals surface area contributed by atoms with Gasteiger partial charge in [-0.1, -0.05) is 6.92 Å². The summed E-state index contributed by atoms with van der Waals surface area (Å²) in [6.45, 7) is 7.82. The molecule has 4 heteroatoms. The SMILES string of the molecule is CCN1CN=C(Cl)N(CC)C1. The van der Waals surface area contributed by atoms with Gasteiger partial charge in [0.25, 0.3) is 0 Å². The van der Waals surface area contributed by atoms with E-state index in [4.69, 9.17) is 11.6 Å². The molecule has 0 aliphatic carbocycles. The minimum Gasteiger partial charge on any atom is -0.334 e. The van der Waals surface area contributed by atoms with Crippen LogP contribution in [0.1, 0.15) is 13.8 Å². The first-order valence-electron chi connectivity index (χ1n) is 3.95. The molecule has 11 heavy (non-hydrogen) atoms. The van der Waals surface area contributed by atoms with Gasteiger partial charge in [0.05, 0.1) is 13.3 Å². The molecule has 0 aromatic carbocycles. The van der Waals surface area contributed by atoms with Gasteiger partial charge in [-0.25, -0.2) is 4.99 Å². The molecular weight excluding hydrogens is 162 g/mol. The van der Waals surface area contributed by atoms with Crippen LogP contribution in [0.5, 0.6) is 0 Å². The Kier molecular flexibility index (Phi) is 3.15. The molecule has 1 aliphatic heterocycles. The number of rotatable bonds is 2. The van der Waals surface area contributed by atoms with Crippen molar-refractivity contribution >= 4 is 16.9 Å². The van der Waals surface area contributed by atoms with E-state index >= 15 is 0 Å². The van der Waals surface area contributed by atoms with Gasteiger partial charge in [0.2, 0.25) is 0 Å². The number of halogens is 1. The lowest BCUT2D eigenvalue weighted by Crippen LogP contribution is -2.43. The van der Waals surface area contributed by atoms with Crippen LogP contribution in [-0.2, 0) is 0 Å². The molecule has 0 atom stereocenters. The summed E-state index contributed by atoms with van der Waals surface area (Å²) in [7, 11) is 0. The van der Waals surface area contributed by atoms with E-state index in [9.17, 15) is 0 Å². The lowest BCUT2D eigenvalue weighted by atomic mass is 10.5. The monoisotopic (exact) mass is 175 g/mol. The Morgan fingerprint density at radius 2 is 2.18 bits per heavy atom. The molecule has 64 valence electrons. The van der Waals surface area contributed by atoms with E-state index in [0.717, 1.165) is 26.4 Å². The maximum atomic E-state index is 5.85. The van der Waals surface area contributed by atoms with Crippen molar-refractivity contribution in [2.45, 2.75) is 13.8 Å². The minimum atomic E-state index is 0.650. The number of amidine groups is 1. The van der Waals surface area contributed by atoms with Crippen LogP contribution < -0.4 is 0 Å². The van der Waals surface area contributed by atoms with Crippen molar-refractivity contribution < 1.29 is 0 Å². The van der Waals surface area contributed by atoms with Crippen molar-refractivity contribution in [3.05, 3.63) is 0 Å². The second kappa shape index (κ2) is 3.93. The molecule has 0 saturated carbocycles. The van der Waals surface area contributed by atoms with E-state index in [1.54, 1.807) is 0 Å². The first kappa shape index (κ1) is 8.81. The Morgan fingerprint density at radius 3 is 2.73 bits per heavy atom. The number of aliphatic imine (C=N–C) groups is 1. The van der Waals surface area contributed by atoms with Crippen molar-refractivity contribution in [2.24, 2.45) is 4.99 Å². The van der Waals surface area contributed by atoms with Crippen LogP contribution in [0.2, 0.25) is 0 Å². The molecule has 3 nitrogen and oxygen atoms in total. The van der Waals surface area contributed by atoms with E-state index in [1.165, 1.54) is 0 Å². The quantitative estimate of drug-likeness (QED) is 0.587. The van der Waals surface area contributed by atoms with E-state index < -0.39 is 0 Å². The number of nitrogens with zero attached hydrogens (tertiary/aromatic N) is 3. The smallest absolute Gasteiger partial charge is 0.196 e. The first-order valence-corrected chi connectivity index (χ1v) is 4.33. The molecule has 1 aliphatic rings. The van der Waals surface area contributed by atoms with Crippen molar-refractivity contribution in [3.63, 3.8) is 0 Å². The molecule has 0 spiro atoms. The third-order valence-electron chi connectivity index (χ3n) is 1.86. The van der Waals surface area contributed by atoms with E-state index in [1.807, 2.05) is 0 Å². The molecule has 0 aromatic rings. The standard InChI is InChI=1S/C7H14ClN3/c1-3-10-5-9-7(8)11(4-2)6-10/h3-6H2,1-2H3. The Labute approximate surface area is 72.6 Å². The zero-order valence-corrected chi connectivity index (χ0v) is 7.80. The highest BCUT2D eigenvalue weighted by molar-refractivity contribution is 6.64. The van der Waals surface area contributed by atoms with Gasteiger partial charge in [0.1, 0.15) is 0 Å². The van der Waals surface area contributed by atoms with Gasteiger partial charge < -0.3 is 4.90 Å². The molecule has 0 unspecified atom stereocenters. The average molecular weight is 176 g/mol. The highest BCUT2D eigenvalue weighted by Crippen LogP contribution is 2.06. The van der Waals surface area contributed by atoms with Gasteiger partial charge >= 0.3 is 0 Å². The molecule has 0 radical (unpaired) electrons. The summed E-state index contributed by atoms with van der Waals surface area (Å²) in [4.78, 5) is 8.45. The predicted octanol–water partition coefficient (Wildman–Crippen LogP) is 1.15. The van der Waals surface area contributed by atoms with E-state index in [2.05, 4.69) is 28.6 Å². The van der Waals surface area contributed by atoms with E-state index in [0.29, 0.717) is 5.29 Å². The third kappa shape index (κ3) is 2.07. The second-order valence-corrected chi connectivity index (χ2v) is 2.89. The summed E-state index contributed by atoms with van der Waals surface area (Å²) in [6, 6.07) is 0. The lowest BCUT2D eigenvalue weighted by Gasteiger charge is -2.32. The van der Waals surface area contributed by atoms with Crippen LogP contribution in [0, 0.1) is 0 Å². The molecule has 1 heterocycles. The van der Waals surface area contributed by atoms with Crippen LogP contribution in [0.4, 0.5) is 0 Å². The van der Waals surface area contributed by atoms with Crippen LogP contribution in [0.15, 0.2) is 4.99 Å². The average Bonchev–Trinajstić information content (AvgIpc) is 2.05. The summed E-state index contributed by atoms with van der Waals surface area (Å²) < 4.78 is 0. The largest absolute Gasteiger partial charge is 0.334 e. The Bertz CT molecular complexity index is 158. The van der Waals surface area contributed by atoms with Crippen molar-refractivity contribution in [2.75, 3.05) is 26.4 Å². The van der Waals surface area contributed by atoms with Crippen LogP contribution in [0.3, 0.4) is 0 Å². The third-order valence-corrected chi connectivity index (χ3v) is 2.22. The highest BCUT2D eigenvalue weighted by Gasteiger charge is 2.15. The molecule has 0 aromatic heterocycles. The van der Waals surface area contributed by atoms with Gasteiger partial charge in [-0.2, -0.15) is 0 Å². The first-order chi connectivity index (χ1) is 5.27. The highest BCUT2D eigenvalue weighted by atomic mass is 35.5. The van der Waals surface area contributed by atoms with Crippen LogP contribution >= 0.6 is 11.6 Å². The lowest BCUT2D eigenvalue weighted by molar-refractivity contribution is 0.188. The van der Waals surface area contributed by atoms with Gasteiger partial charge in [-0.05, 0) is 25.1 Å². The zero-order valence-electron chi connectivity index (χ0n) is 7.05. The summed E-state index contributed by atoms with van der Waals surface area (Å²) in [5.41, 5.74) is 0. The van der Waals surface area contributed by atoms with Gasteiger partial charge in [-0.15, -0.1) is 0 Å². The number of hydrogen-bond donors (Lipinski definition) is 0. The molecular formula is C7H14ClN3. The Hall–Kier alpha value is -0.280.